The Labute approximate surface area is 145 Å². The molecule has 3 rings (SSSR count). The van der Waals surface area contributed by atoms with Crippen LogP contribution in [0, 0.1) is 0 Å². The van der Waals surface area contributed by atoms with Gasteiger partial charge >= 0.3 is 0 Å². The first-order valence-corrected chi connectivity index (χ1v) is 8.36. The molecule has 23 heavy (non-hydrogen) atoms. The highest BCUT2D eigenvalue weighted by Crippen LogP contribution is 2.25. The molecule has 0 spiro atoms. The third-order valence-electron chi connectivity index (χ3n) is 3.81. The monoisotopic (exact) mass is 349 g/mol. The van der Waals surface area contributed by atoms with Crippen molar-refractivity contribution in [3.8, 4) is 0 Å². The maximum Gasteiger partial charge on any atom is 0.259 e. The smallest absolute Gasteiger partial charge is 0.259 e. The maximum atomic E-state index is 12.6. The van der Waals surface area contributed by atoms with E-state index in [0.29, 0.717) is 21.3 Å². The number of aromatic nitrogens is 1. The first kappa shape index (κ1) is 16.1. The number of hydrogen-bond acceptors (Lipinski definition) is 3. The lowest BCUT2D eigenvalue weighted by Gasteiger charge is -2.29. The number of amides is 1. The van der Waals surface area contributed by atoms with Crippen LogP contribution in [0.1, 0.15) is 29.6 Å². The van der Waals surface area contributed by atoms with Gasteiger partial charge in [-0.2, -0.15) is 0 Å². The molecule has 6 heteroatoms. The molecule has 1 aliphatic heterocycles. The number of pyridine rings is 1. The molecule has 0 saturated carbocycles. The molecule has 120 valence electrons. The number of carbonyl (C=O) groups excluding carboxylic acids is 1. The molecule has 1 saturated heterocycles. The Balaban J connectivity index is 1.84. The Morgan fingerprint density at radius 1 is 1.09 bits per heavy atom. The molecule has 2 heterocycles. The van der Waals surface area contributed by atoms with Crippen LogP contribution >= 0.6 is 23.2 Å². The Kier molecular flexibility index (Phi) is 5.03. The van der Waals surface area contributed by atoms with Crippen molar-refractivity contribution in [2.24, 2.45) is 0 Å². The molecular formula is C17H17Cl2N3O. The molecule has 1 N–H and O–H groups in total. The highest BCUT2D eigenvalue weighted by Gasteiger charge is 2.19. The van der Waals surface area contributed by atoms with Crippen molar-refractivity contribution in [3.05, 3.63) is 52.1 Å². The van der Waals surface area contributed by atoms with Crippen molar-refractivity contribution in [1.82, 2.24) is 4.98 Å². The van der Waals surface area contributed by atoms with E-state index in [9.17, 15) is 4.79 Å². The third-order valence-corrected chi connectivity index (χ3v) is 4.24. The second-order valence-corrected chi connectivity index (χ2v) is 6.41. The van der Waals surface area contributed by atoms with E-state index in [4.69, 9.17) is 23.2 Å². The van der Waals surface area contributed by atoms with Crippen LogP contribution in [0.4, 0.5) is 11.5 Å². The molecule has 0 atom stereocenters. The normalized spacial score (nSPS) is 14.6. The summed E-state index contributed by atoms with van der Waals surface area (Å²) in [5.41, 5.74) is 1.13. The van der Waals surface area contributed by atoms with Crippen molar-refractivity contribution < 1.29 is 4.79 Å². The van der Waals surface area contributed by atoms with Crippen molar-refractivity contribution in [2.45, 2.75) is 19.3 Å². The number of nitrogens with one attached hydrogen (secondary N) is 1. The van der Waals surface area contributed by atoms with Crippen LogP contribution < -0.4 is 10.2 Å². The van der Waals surface area contributed by atoms with Gasteiger partial charge in [0.2, 0.25) is 0 Å². The lowest BCUT2D eigenvalue weighted by molar-refractivity contribution is 0.102. The summed E-state index contributed by atoms with van der Waals surface area (Å²) in [6.45, 7) is 1.86. The van der Waals surface area contributed by atoms with Crippen LogP contribution in [0.3, 0.4) is 0 Å². The second-order valence-electron chi connectivity index (χ2n) is 5.53. The molecule has 1 aliphatic rings. The van der Waals surface area contributed by atoms with Crippen LogP contribution in [-0.4, -0.2) is 24.0 Å². The van der Waals surface area contributed by atoms with E-state index in [0.717, 1.165) is 31.7 Å². The molecule has 0 bridgehead atoms. The first-order chi connectivity index (χ1) is 11.1. The minimum atomic E-state index is -0.211. The Morgan fingerprint density at radius 2 is 1.78 bits per heavy atom. The average Bonchev–Trinajstić information content (AvgIpc) is 2.54. The Morgan fingerprint density at radius 3 is 2.48 bits per heavy atom. The zero-order chi connectivity index (χ0) is 16.2. The zero-order valence-electron chi connectivity index (χ0n) is 12.6. The van der Waals surface area contributed by atoms with Crippen LogP contribution in [0.5, 0.6) is 0 Å². The summed E-state index contributed by atoms with van der Waals surface area (Å²) in [5.74, 6) is 0.523. The second kappa shape index (κ2) is 7.20. The maximum absolute atomic E-state index is 12.6. The minimum Gasteiger partial charge on any atom is -0.356 e. The van der Waals surface area contributed by atoms with Gasteiger partial charge in [-0.1, -0.05) is 23.2 Å². The van der Waals surface area contributed by atoms with E-state index >= 15 is 0 Å². The number of hydrogen-bond donors (Lipinski definition) is 1. The van der Waals surface area contributed by atoms with Gasteiger partial charge in [0.15, 0.2) is 0 Å². The summed E-state index contributed by atoms with van der Waals surface area (Å²) in [4.78, 5) is 19.2. The predicted molar refractivity (Wildman–Crippen MR) is 94.7 cm³/mol. The fourth-order valence-corrected chi connectivity index (χ4v) is 3.28. The number of benzene rings is 1. The van der Waals surface area contributed by atoms with Crippen LogP contribution in [0.2, 0.25) is 10.0 Å². The zero-order valence-corrected chi connectivity index (χ0v) is 14.1. The lowest BCUT2D eigenvalue weighted by Crippen LogP contribution is -2.32. The summed E-state index contributed by atoms with van der Waals surface area (Å²) in [5, 5.41) is 3.81. The van der Waals surface area contributed by atoms with E-state index in [2.05, 4.69) is 15.2 Å². The van der Waals surface area contributed by atoms with Crippen molar-refractivity contribution in [1.29, 1.82) is 0 Å². The summed E-state index contributed by atoms with van der Waals surface area (Å²) in [6, 6.07) is 8.53. The van der Waals surface area contributed by atoms with Gasteiger partial charge in [0.05, 0.1) is 5.56 Å². The Hall–Kier alpha value is -1.78. The van der Waals surface area contributed by atoms with Gasteiger partial charge in [0, 0.05) is 35.0 Å². The van der Waals surface area contributed by atoms with Gasteiger partial charge in [0.1, 0.15) is 5.82 Å². The van der Waals surface area contributed by atoms with Gasteiger partial charge in [0.25, 0.3) is 5.91 Å². The summed E-state index contributed by atoms with van der Waals surface area (Å²) >= 11 is 12.0. The van der Waals surface area contributed by atoms with E-state index in [-0.39, 0.29) is 5.91 Å². The fourth-order valence-electron chi connectivity index (χ4n) is 2.76. The first-order valence-electron chi connectivity index (χ1n) is 7.61. The molecule has 0 aliphatic carbocycles. The molecule has 1 fully saturated rings. The van der Waals surface area contributed by atoms with E-state index in [1.54, 1.807) is 36.5 Å². The van der Waals surface area contributed by atoms with Gasteiger partial charge in [-0.05, 0) is 49.6 Å². The molecule has 1 amide bonds. The van der Waals surface area contributed by atoms with Crippen LogP contribution in [0.25, 0.3) is 0 Å². The van der Waals surface area contributed by atoms with Gasteiger partial charge in [-0.3, -0.25) is 4.79 Å². The summed E-state index contributed by atoms with van der Waals surface area (Å²) in [6.07, 6.45) is 5.20. The SMILES string of the molecule is O=C(Nc1cc(Cl)cc(Cl)c1)c1cccnc1N1CCCCC1. The number of piperidine rings is 1. The summed E-state index contributed by atoms with van der Waals surface area (Å²) in [7, 11) is 0. The van der Waals surface area contributed by atoms with Gasteiger partial charge in [-0.25, -0.2) is 4.98 Å². The number of anilines is 2. The molecular weight excluding hydrogens is 333 g/mol. The van der Waals surface area contributed by atoms with Crippen molar-refractivity contribution >= 4 is 40.6 Å². The fraction of sp³-hybridized carbons (Fsp3) is 0.294. The molecule has 2 aromatic rings. The molecule has 1 aromatic heterocycles. The highest BCUT2D eigenvalue weighted by atomic mass is 35.5. The number of rotatable bonds is 3. The molecule has 0 unspecified atom stereocenters. The average molecular weight is 350 g/mol. The third kappa shape index (κ3) is 3.95. The minimum absolute atomic E-state index is 0.211. The van der Waals surface area contributed by atoms with E-state index in [1.807, 2.05) is 0 Å². The lowest BCUT2D eigenvalue weighted by atomic mass is 10.1. The predicted octanol–water partition coefficient (Wildman–Crippen LogP) is 4.63. The van der Waals surface area contributed by atoms with Crippen LogP contribution in [0.15, 0.2) is 36.5 Å². The Bertz CT molecular complexity index is 694. The molecule has 1 aromatic carbocycles. The number of carbonyl (C=O) groups is 1. The quantitative estimate of drug-likeness (QED) is 0.878. The van der Waals surface area contributed by atoms with Crippen LogP contribution in [-0.2, 0) is 0 Å². The van der Waals surface area contributed by atoms with E-state index in [1.165, 1.54) is 6.42 Å². The topological polar surface area (TPSA) is 45.2 Å². The van der Waals surface area contributed by atoms with Gasteiger partial charge < -0.3 is 10.2 Å². The highest BCUT2D eigenvalue weighted by molar-refractivity contribution is 6.35. The molecule has 4 nitrogen and oxygen atoms in total. The van der Waals surface area contributed by atoms with Crippen molar-refractivity contribution in [3.63, 3.8) is 0 Å². The van der Waals surface area contributed by atoms with Crippen molar-refractivity contribution in [2.75, 3.05) is 23.3 Å². The largest absolute Gasteiger partial charge is 0.356 e. The summed E-state index contributed by atoms with van der Waals surface area (Å²) < 4.78 is 0. The number of nitrogens with zero attached hydrogens (tertiary/aromatic N) is 2. The molecule has 0 radical (unpaired) electrons. The standard InChI is InChI=1S/C17H17Cl2N3O/c18-12-9-13(19)11-14(10-12)21-17(23)15-5-4-6-20-16(15)22-7-2-1-3-8-22/h4-6,9-11H,1-3,7-8H2,(H,21,23). The van der Waals surface area contributed by atoms with E-state index < -0.39 is 0 Å². The van der Waals surface area contributed by atoms with Gasteiger partial charge in [-0.15, -0.1) is 0 Å². The number of halogens is 2.